The number of ether oxygens (including phenoxy) is 2. The lowest BCUT2D eigenvalue weighted by Gasteiger charge is -2.13. The molecule has 0 heterocycles. The van der Waals surface area contributed by atoms with Crippen molar-refractivity contribution in [2.45, 2.75) is 31.8 Å². The van der Waals surface area contributed by atoms with Crippen LogP contribution in [0.2, 0.25) is 0 Å². The molecule has 0 aliphatic rings. The number of hydrogen-bond donors (Lipinski definition) is 1. The van der Waals surface area contributed by atoms with E-state index in [0.29, 0.717) is 36.8 Å². The molecule has 26 heavy (non-hydrogen) atoms. The summed E-state index contributed by atoms with van der Waals surface area (Å²) in [6, 6.07) is 14.5. The van der Waals surface area contributed by atoms with Gasteiger partial charge in [-0.15, -0.1) is 0 Å². The minimum Gasteiger partial charge on any atom is -0.465 e. The lowest BCUT2D eigenvalue weighted by Crippen LogP contribution is -2.13. The number of carbonyl (C=O) groups is 2. The van der Waals surface area contributed by atoms with Gasteiger partial charge in [0.25, 0.3) is 0 Å². The molecule has 5 heteroatoms. The molecule has 2 aromatic rings. The Labute approximate surface area is 153 Å². The normalized spacial score (nSPS) is 10.6. The van der Waals surface area contributed by atoms with Crippen molar-refractivity contribution in [2.75, 3.05) is 14.2 Å². The molecule has 0 aliphatic heterocycles. The summed E-state index contributed by atoms with van der Waals surface area (Å²) in [5.41, 5.74) is 2.76. The number of benzene rings is 2. The van der Waals surface area contributed by atoms with Gasteiger partial charge in [0.2, 0.25) is 0 Å². The smallest absolute Gasteiger partial charge is 0.338 e. The van der Waals surface area contributed by atoms with Crippen molar-refractivity contribution in [1.82, 2.24) is 0 Å². The summed E-state index contributed by atoms with van der Waals surface area (Å²) in [5, 5.41) is 10.3. The van der Waals surface area contributed by atoms with E-state index in [1.54, 1.807) is 24.3 Å². The molecule has 138 valence electrons. The van der Waals surface area contributed by atoms with Crippen LogP contribution < -0.4 is 0 Å². The lowest BCUT2D eigenvalue weighted by atomic mass is 9.96. The molecule has 0 spiro atoms. The second-order valence-corrected chi connectivity index (χ2v) is 6.03. The van der Waals surface area contributed by atoms with E-state index >= 15 is 0 Å². The second kappa shape index (κ2) is 9.73. The Morgan fingerprint density at radius 3 is 1.58 bits per heavy atom. The molecule has 0 amide bonds. The van der Waals surface area contributed by atoms with Crippen LogP contribution in [0.25, 0.3) is 0 Å². The van der Waals surface area contributed by atoms with Crippen LogP contribution >= 0.6 is 0 Å². The zero-order chi connectivity index (χ0) is 18.9. The number of aliphatic hydroxyl groups excluding tert-OH is 1. The average molecular weight is 356 g/mol. The predicted molar refractivity (Wildman–Crippen MR) is 98.2 cm³/mol. The van der Waals surface area contributed by atoms with E-state index in [2.05, 4.69) is 0 Å². The monoisotopic (exact) mass is 356 g/mol. The molecular weight excluding hydrogens is 332 g/mol. The number of carbonyl (C=O) groups excluding carboxylic acids is 2. The highest BCUT2D eigenvalue weighted by atomic mass is 16.5. The molecule has 0 aliphatic carbocycles. The zero-order valence-corrected chi connectivity index (χ0v) is 15.1. The Morgan fingerprint density at radius 2 is 1.19 bits per heavy atom. The number of hydrogen-bond acceptors (Lipinski definition) is 5. The summed E-state index contributed by atoms with van der Waals surface area (Å²) in [6.45, 7) is 0. The van der Waals surface area contributed by atoms with Crippen molar-refractivity contribution in [3.8, 4) is 0 Å². The first-order valence-corrected chi connectivity index (χ1v) is 8.57. The van der Waals surface area contributed by atoms with Gasteiger partial charge in [-0.2, -0.15) is 0 Å². The quantitative estimate of drug-likeness (QED) is 0.736. The Balaban J connectivity index is 1.94. The Kier molecular flexibility index (Phi) is 7.36. The topological polar surface area (TPSA) is 72.8 Å². The molecule has 2 aromatic carbocycles. The maximum absolute atomic E-state index is 11.8. The Morgan fingerprint density at radius 1 is 0.808 bits per heavy atom. The highest BCUT2D eigenvalue weighted by molar-refractivity contribution is 5.91. The molecule has 2 rings (SSSR count). The Bertz CT molecular complexity index is 690. The van der Waals surface area contributed by atoms with Gasteiger partial charge in [0.1, 0.15) is 0 Å². The maximum atomic E-state index is 11.8. The first kappa shape index (κ1) is 19.7. The fraction of sp³-hybridized carbons (Fsp3) is 0.333. The van der Waals surface area contributed by atoms with E-state index < -0.39 is 6.10 Å². The number of esters is 2. The minimum absolute atomic E-state index is 0.373. The molecule has 0 aromatic heterocycles. The van der Waals surface area contributed by atoms with Crippen molar-refractivity contribution in [3.63, 3.8) is 0 Å². The van der Waals surface area contributed by atoms with Crippen LogP contribution in [0.1, 0.15) is 44.7 Å². The third-order valence-corrected chi connectivity index (χ3v) is 4.34. The molecule has 0 unspecified atom stereocenters. The molecule has 0 radical (unpaired) electrons. The van der Waals surface area contributed by atoms with Gasteiger partial charge >= 0.3 is 11.9 Å². The van der Waals surface area contributed by atoms with E-state index in [-0.39, 0.29) is 11.9 Å². The van der Waals surface area contributed by atoms with Crippen LogP contribution in [0.4, 0.5) is 0 Å². The molecule has 0 bridgehead atoms. The highest BCUT2D eigenvalue weighted by Crippen LogP contribution is 2.17. The SMILES string of the molecule is COC(=O)c1ccccc1CCC(O)CCc1ccccc1C(=O)OC. The molecule has 5 nitrogen and oxygen atoms in total. The number of rotatable bonds is 8. The summed E-state index contributed by atoms with van der Waals surface area (Å²) in [7, 11) is 2.71. The average Bonchev–Trinajstić information content (AvgIpc) is 2.69. The standard InChI is InChI=1S/C21H24O5/c1-25-20(23)18-9-5-3-7-15(18)11-13-17(22)14-12-16-8-4-6-10-19(16)21(24)26-2/h3-10,17,22H,11-14H2,1-2H3. The third kappa shape index (κ3) is 5.17. The zero-order valence-electron chi connectivity index (χ0n) is 15.1. The molecule has 0 saturated heterocycles. The van der Waals surface area contributed by atoms with Crippen LogP contribution in [0, 0.1) is 0 Å². The van der Waals surface area contributed by atoms with Gasteiger partial charge in [0.05, 0.1) is 31.5 Å². The van der Waals surface area contributed by atoms with Gasteiger partial charge < -0.3 is 14.6 Å². The summed E-state index contributed by atoms with van der Waals surface area (Å²) in [4.78, 5) is 23.6. The fourth-order valence-electron chi connectivity index (χ4n) is 2.88. The summed E-state index contributed by atoms with van der Waals surface area (Å²) in [5.74, 6) is -0.746. The molecule has 0 atom stereocenters. The van der Waals surface area contributed by atoms with Crippen molar-refractivity contribution in [1.29, 1.82) is 0 Å². The van der Waals surface area contributed by atoms with Crippen molar-refractivity contribution in [2.24, 2.45) is 0 Å². The van der Waals surface area contributed by atoms with Crippen LogP contribution in [-0.4, -0.2) is 37.4 Å². The Hall–Kier alpha value is -2.66. The van der Waals surface area contributed by atoms with Crippen LogP contribution in [0.5, 0.6) is 0 Å². The second-order valence-electron chi connectivity index (χ2n) is 6.03. The number of aliphatic hydroxyl groups is 1. The summed E-state index contributed by atoms with van der Waals surface area (Å²) < 4.78 is 9.58. The van der Waals surface area contributed by atoms with Crippen LogP contribution in [-0.2, 0) is 22.3 Å². The van der Waals surface area contributed by atoms with Gasteiger partial charge in [0.15, 0.2) is 0 Å². The van der Waals surface area contributed by atoms with E-state index in [0.717, 1.165) is 11.1 Å². The van der Waals surface area contributed by atoms with Crippen LogP contribution in [0.3, 0.4) is 0 Å². The summed E-state index contributed by atoms with van der Waals surface area (Å²) >= 11 is 0. The fourth-order valence-corrected chi connectivity index (χ4v) is 2.88. The first-order valence-electron chi connectivity index (χ1n) is 8.57. The van der Waals surface area contributed by atoms with Gasteiger partial charge in [-0.3, -0.25) is 0 Å². The molecule has 0 fully saturated rings. The van der Waals surface area contributed by atoms with Gasteiger partial charge in [-0.05, 0) is 48.9 Å². The van der Waals surface area contributed by atoms with Crippen molar-refractivity contribution >= 4 is 11.9 Å². The van der Waals surface area contributed by atoms with Crippen molar-refractivity contribution in [3.05, 3.63) is 70.8 Å². The van der Waals surface area contributed by atoms with Gasteiger partial charge in [-0.25, -0.2) is 9.59 Å². The predicted octanol–water partition coefficient (Wildman–Crippen LogP) is 3.19. The van der Waals surface area contributed by atoms with Crippen molar-refractivity contribution < 1.29 is 24.2 Å². The molecule has 0 saturated carbocycles. The van der Waals surface area contributed by atoms with Gasteiger partial charge in [0, 0.05) is 0 Å². The minimum atomic E-state index is -0.536. The largest absolute Gasteiger partial charge is 0.465 e. The third-order valence-electron chi connectivity index (χ3n) is 4.34. The van der Waals surface area contributed by atoms with E-state index in [1.165, 1.54) is 14.2 Å². The maximum Gasteiger partial charge on any atom is 0.338 e. The summed E-state index contributed by atoms with van der Waals surface area (Å²) in [6.07, 6.45) is 1.66. The first-order chi connectivity index (χ1) is 12.6. The van der Waals surface area contributed by atoms with E-state index in [9.17, 15) is 14.7 Å². The number of methoxy groups -OCH3 is 2. The number of aryl methyl sites for hydroxylation is 2. The van der Waals surface area contributed by atoms with Crippen LogP contribution in [0.15, 0.2) is 48.5 Å². The van der Waals surface area contributed by atoms with E-state index in [1.807, 2.05) is 24.3 Å². The lowest BCUT2D eigenvalue weighted by molar-refractivity contribution is 0.0590. The molecular formula is C21H24O5. The van der Waals surface area contributed by atoms with E-state index in [4.69, 9.17) is 9.47 Å². The highest BCUT2D eigenvalue weighted by Gasteiger charge is 2.15. The van der Waals surface area contributed by atoms with Gasteiger partial charge in [-0.1, -0.05) is 36.4 Å². The molecule has 1 N–H and O–H groups in total.